The van der Waals surface area contributed by atoms with Crippen molar-refractivity contribution >= 4 is 33.9 Å². The minimum Gasteiger partial charge on any atom is -0.465 e. The highest BCUT2D eigenvalue weighted by molar-refractivity contribution is 6.03. The Morgan fingerprint density at radius 3 is 2.29 bits per heavy atom. The van der Waals surface area contributed by atoms with Gasteiger partial charge in [0.05, 0.1) is 25.3 Å². The van der Waals surface area contributed by atoms with Crippen LogP contribution >= 0.6 is 0 Å². The summed E-state index contributed by atoms with van der Waals surface area (Å²) in [6.45, 7) is 0. The highest BCUT2D eigenvalue weighted by Crippen LogP contribution is 2.26. The van der Waals surface area contributed by atoms with Gasteiger partial charge in [0.25, 0.3) is 0 Å². The largest absolute Gasteiger partial charge is 0.465 e. The van der Waals surface area contributed by atoms with Crippen LogP contribution in [0.1, 0.15) is 32.2 Å². The third-order valence-corrected chi connectivity index (χ3v) is 4.63. The first-order valence-corrected chi connectivity index (χ1v) is 8.79. The molecule has 0 saturated heterocycles. The lowest BCUT2D eigenvalue weighted by Gasteiger charge is -1.98. The summed E-state index contributed by atoms with van der Waals surface area (Å²) in [6, 6.07) is 14.3. The molecular formula is C22H18O6. The molecule has 28 heavy (non-hydrogen) atoms. The summed E-state index contributed by atoms with van der Waals surface area (Å²) in [5, 5.41) is 1.65. The van der Waals surface area contributed by atoms with E-state index in [9.17, 15) is 9.59 Å². The Morgan fingerprint density at radius 1 is 0.821 bits per heavy atom. The first kappa shape index (κ1) is 17.9. The SMILES string of the molecule is COC(=O)c1ccc2cc(CCc3cc4c(C(=O)OC)cccc4o3)oc2c1. The fourth-order valence-electron chi connectivity index (χ4n) is 3.23. The van der Waals surface area contributed by atoms with Gasteiger partial charge >= 0.3 is 11.9 Å². The number of hydrogen-bond donors (Lipinski definition) is 0. The highest BCUT2D eigenvalue weighted by Gasteiger charge is 2.15. The van der Waals surface area contributed by atoms with Crippen LogP contribution in [0.25, 0.3) is 21.9 Å². The van der Waals surface area contributed by atoms with E-state index in [4.69, 9.17) is 18.3 Å². The number of carbonyl (C=O) groups excluding carboxylic acids is 2. The van der Waals surface area contributed by atoms with Gasteiger partial charge in [-0.15, -0.1) is 0 Å². The maximum Gasteiger partial charge on any atom is 0.338 e. The van der Waals surface area contributed by atoms with E-state index < -0.39 is 11.9 Å². The van der Waals surface area contributed by atoms with Gasteiger partial charge in [-0.25, -0.2) is 9.59 Å². The van der Waals surface area contributed by atoms with Crippen molar-refractivity contribution in [2.45, 2.75) is 12.8 Å². The number of aryl methyl sites for hydroxylation is 2. The third kappa shape index (κ3) is 3.24. The van der Waals surface area contributed by atoms with Crippen LogP contribution in [0.15, 0.2) is 57.4 Å². The van der Waals surface area contributed by atoms with Crippen LogP contribution in [0.3, 0.4) is 0 Å². The summed E-state index contributed by atoms with van der Waals surface area (Å²) >= 11 is 0. The number of esters is 2. The predicted octanol–water partition coefficient (Wildman–Crippen LogP) is 4.54. The zero-order valence-electron chi connectivity index (χ0n) is 15.5. The topological polar surface area (TPSA) is 78.9 Å². The molecule has 2 aromatic carbocycles. The number of benzene rings is 2. The zero-order valence-corrected chi connectivity index (χ0v) is 15.5. The lowest BCUT2D eigenvalue weighted by atomic mass is 10.1. The Morgan fingerprint density at radius 2 is 1.54 bits per heavy atom. The number of carbonyl (C=O) groups is 2. The summed E-state index contributed by atoms with van der Waals surface area (Å²) in [5.41, 5.74) is 2.21. The van der Waals surface area contributed by atoms with Crippen LogP contribution in [0.4, 0.5) is 0 Å². The maximum atomic E-state index is 11.9. The Labute approximate surface area is 160 Å². The van der Waals surface area contributed by atoms with E-state index in [-0.39, 0.29) is 0 Å². The van der Waals surface area contributed by atoms with Gasteiger partial charge in [0, 0.05) is 23.6 Å². The molecule has 0 aliphatic rings. The van der Waals surface area contributed by atoms with Crippen molar-refractivity contribution in [3.63, 3.8) is 0 Å². The van der Waals surface area contributed by atoms with Crippen molar-refractivity contribution in [1.29, 1.82) is 0 Å². The van der Waals surface area contributed by atoms with Crippen LogP contribution in [0.2, 0.25) is 0 Å². The van der Waals surface area contributed by atoms with E-state index in [0.717, 1.165) is 22.3 Å². The summed E-state index contributed by atoms with van der Waals surface area (Å²) < 4.78 is 21.3. The second-order valence-electron chi connectivity index (χ2n) is 6.38. The normalized spacial score (nSPS) is 11.1. The smallest absolute Gasteiger partial charge is 0.338 e. The fourth-order valence-corrected chi connectivity index (χ4v) is 3.23. The molecule has 0 aliphatic heterocycles. The molecule has 2 aromatic heterocycles. The summed E-state index contributed by atoms with van der Waals surface area (Å²) in [6.07, 6.45) is 1.23. The molecule has 0 unspecified atom stereocenters. The Bertz CT molecular complexity index is 1180. The quantitative estimate of drug-likeness (QED) is 0.475. The summed E-state index contributed by atoms with van der Waals surface area (Å²) in [7, 11) is 2.70. The number of fused-ring (bicyclic) bond motifs is 2. The summed E-state index contributed by atoms with van der Waals surface area (Å²) in [4.78, 5) is 23.5. The number of ether oxygens (including phenoxy) is 2. The maximum absolute atomic E-state index is 11.9. The molecule has 2 heterocycles. The van der Waals surface area contributed by atoms with E-state index in [2.05, 4.69) is 0 Å². The highest BCUT2D eigenvalue weighted by atomic mass is 16.5. The number of furan rings is 2. The van der Waals surface area contributed by atoms with Crippen molar-refractivity contribution < 1.29 is 27.9 Å². The lowest BCUT2D eigenvalue weighted by Crippen LogP contribution is -2.00. The molecule has 0 bridgehead atoms. The van der Waals surface area contributed by atoms with Gasteiger partial charge in [-0.1, -0.05) is 12.1 Å². The van der Waals surface area contributed by atoms with Crippen molar-refractivity contribution in [2.75, 3.05) is 14.2 Å². The predicted molar refractivity (Wildman–Crippen MR) is 103 cm³/mol. The van der Waals surface area contributed by atoms with Crippen molar-refractivity contribution in [2.24, 2.45) is 0 Å². The average Bonchev–Trinajstić information content (AvgIpc) is 3.33. The zero-order chi connectivity index (χ0) is 19.7. The van der Waals surface area contributed by atoms with Gasteiger partial charge in [0.15, 0.2) is 0 Å². The second-order valence-corrected chi connectivity index (χ2v) is 6.38. The molecule has 0 amide bonds. The van der Waals surface area contributed by atoms with Crippen LogP contribution in [0.5, 0.6) is 0 Å². The van der Waals surface area contributed by atoms with E-state index in [1.165, 1.54) is 14.2 Å². The van der Waals surface area contributed by atoms with E-state index in [1.54, 1.807) is 24.3 Å². The molecule has 4 rings (SSSR count). The molecule has 0 radical (unpaired) electrons. The second kappa shape index (κ2) is 7.23. The monoisotopic (exact) mass is 378 g/mol. The van der Waals surface area contributed by atoms with E-state index >= 15 is 0 Å². The van der Waals surface area contributed by atoms with Crippen LogP contribution in [-0.4, -0.2) is 26.2 Å². The van der Waals surface area contributed by atoms with Gasteiger partial charge in [-0.2, -0.15) is 0 Å². The first-order valence-electron chi connectivity index (χ1n) is 8.79. The Hall–Kier alpha value is -3.54. The van der Waals surface area contributed by atoms with E-state index in [0.29, 0.717) is 35.1 Å². The number of methoxy groups -OCH3 is 2. The summed E-state index contributed by atoms with van der Waals surface area (Å²) in [5.74, 6) is 0.743. The van der Waals surface area contributed by atoms with Gasteiger partial charge in [0.2, 0.25) is 0 Å². The third-order valence-electron chi connectivity index (χ3n) is 4.63. The molecule has 6 heteroatoms. The van der Waals surface area contributed by atoms with Crippen molar-refractivity contribution in [3.8, 4) is 0 Å². The van der Waals surface area contributed by atoms with Gasteiger partial charge in [-0.05, 0) is 36.4 Å². The molecule has 6 nitrogen and oxygen atoms in total. The minimum absolute atomic E-state index is 0.392. The van der Waals surface area contributed by atoms with Gasteiger partial charge in [-0.3, -0.25) is 0 Å². The molecule has 142 valence electrons. The van der Waals surface area contributed by atoms with Crippen LogP contribution in [-0.2, 0) is 22.3 Å². The molecule has 0 atom stereocenters. The Balaban J connectivity index is 1.56. The molecule has 0 N–H and O–H groups in total. The molecular weight excluding hydrogens is 360 g/mol. The Kier molecular flexibility index (Phi) is 4.61. The molecule has 0 spiro atoms. The van der Waals surface area contributed by atoms with Crippen molar-refractivity contribution in [3.05, 3.63) is 71.2 Å². The van der Waals surface area contributed by atoms with Gasteiger partial charge in [0.1, 0.15) is 22.7 Å². The molecule has 0 fully saturated rings. The van der Waals surface area contributed by atoms with Crippen molar-refractivity contribution in [1.82, 2.24) is 0 Å². The molecule has 0 saturated carbocycles. The first-order chi connectivity index (χ1) is 13.6. The fraction of sp³-hybridized carbons (Fsp3) is 0.182. The average molecular weight is 378 g/mol. The minimum atomic E-state index is -0.400. The van der Waals surface area contributed by atoms with E-state index in [1.807, 2.05) is 24.3 Å². The van der Waals surface area contributed by atoms with Gasteiger partial charge < -0.3 is 18.3 Å². The number of hydrogen-bond acceptors (Lipinski definition) is 6. The molecule has 4 aromatic rings. The van der Waals surface area contributed by atoms with Crippen LogP contribution < -0.4 is 0 Å². The van der Waals surface area contributed by atoms with Crippen LogP contribution in [0, 0.1) is 0 Å². The standard InChI is InChI=1S/C22H18O6/c1-25-21(23)14-7-6-13-10-15(28-20(13)11-14)8-9-16-12-18-17(22(24)26-2)4-3-5-19(18)27-16/h3-7,10-12H,8-9H2,1-2H3. The number of rotatable bonds is 5. The lowest BCUT2D eigenvalue weighted by molar-refractivity contribution is 0.0593. The molecule has 0 aliphatic carbocycles.